The second-order valence-electron chi connectivity index (χ2n) is 5.09. The Morgan fingerprint density at radius 2 is 1.87 bits per heavy atom. The van der Waals surface area contributed by atoms with E-state index in [9.17, 15) is 0 Å². The zero-order chi connectivity index (χ0) is 16.2. The van der Waals surface area contributed by atoms with Crippen molar-refractivity contribution in [3.63, 3.8) is 0 Å². The number of nitrogens with zero attached hydrogens (tertiary/aromatic N) is 1. The third-order valence-corrected chi connectivity index (χ3v) is 4.28. The van der Waals surface area contributed by atoms with Crippen molar-refractivity contribution >= 4 is 22.6 Å². The molecular formula is C18H16INO3. The van der Waals surface area contributed by atoms with Crippen molar-refractivity contribution in [2.24, 2.45) is 0 Å². The van der Waals surface area contributed by atoms with E-state index in [1.807, 2.05) is 55.5 Å². The minimum absolute atomic E-state index is 0.494. The first-order valence-electron chi connectivity index (χ1n) is 7.15. The van der Waals surface area contributed by atoms with E-state index in [1.165, 1.54) is 0 Å². The molecule has 0 radical (unpaired) electrons. The Labute approximate surface area is 148 Å². The molecule has 5 heteroatoms. The molecule has 0 unspecified atom stereocenters. The molecule has 0 aliphatic rings. The summed E-state index contributed by atoms with van der Waals surface area (Å²) in [5, 5.41) is 3.94. The largest absolute Gasteiger partial charge is 0.493 e. The molecule has 0 saturated carbocycles. The number of hydrogen-bond donors (Lipinski definition) is 0. The molecule has 0 atom stereocenters. The summed E-state index contributed by atoms with van der Waals surface area (Å²) in [6.45, 7) is 2.39. The van der Waals surface area contributed by atoms with Crippen LogP contribution in [-0.4, -0.2) is 12.3 Å². The maximum Gasteiger partial charge on any atom is 0.168 e. The van der Waals surface area contributed by atoms with Crippen molar-refractivity contribution in [2.75, 3.05) is 7.11 Å². The number of hydrogen-bond acceptors (Lipinski definition) is 4. The Hall–Kier alpha value is -2.02. The summed E-state index contributed by atoms with van der Waals surface area (Å²) < 4.78 is 17.7. The van der Waals surface area contributed by atoms with Crippen LogP contribution in [-0.2, 0) is 6.61 Å². The number of ether oxygens (including phenoxy) is 2. The summed E-state index contributed by atoms with van der Waals surface area (Å²) in [6.07, 6.45) is 0. The van der Waals surface area contributed by atoms with E-state index < -0.39 is 0 Å². The minimum atomic E-state index is 0.494. The van der Waals surface area contributed by atoms with Gasteiger partial charge in [-0.15, -0.1) is 0 Å². The fourth-order valence-corrected chi connectivity index (χ4v) is 2.93. The van der Waals surface area contributed by atoms with Crippen LogP contribution in [0.4, 0.5) is 0 Å². The summed E-state index contributed by atoms with van der Waals surface area (Å²) in [4.78, 5) is 0. The van der Waals surface area contributed by atoms with Gasteiger partial charge < -0.3 is 14.0 Å². The summed E-state index contributed by atoms with van der Waals surface area (Å²) in [5.41, 5.74) is 2.90. The van der Waals surface area contributed by atoms with E-state index in [4.69, 9.17) is 14.0 Å². The topological polar surface area (TPSA) is 44.5 Å². The number of benzene rings is 2. The zero-order valence-corrected chi connectivity index (χ0v) is 15.0. The van der Waals surface area contributed by atoms with Gasteiger partial charge >= 0.3 is 0 Å². The van der Waals surface area contributed by atoms with E-state index in [-0.39, 0.29) is 0 Å². The average Bonchev–Trinajstić information content (AvgIpc) is 3.00. The molecule has 0 aliphatic carbocycles. The van der Waals surface area contributed by atoms with Crippen LogP contribution >= 0.6 is 22.6 Å². The van der Waals surface area contributed by atoms with Crippen molar-refractivity contribution in [3.8, 4) is 22.8 Å². The highest BCUT2D eigenvalue weighted by Gasteiger charge is 2.15. The van der Waals surface area contributed by atoms with Gasteiger partial charge in [0.2, 0.25) is 0 Å². The Kier molecular flexibility index (Phi) is 4.85. The van der Waals surface area contributed by atoms with Crippen molar-refractivity contribution in [1.29, 1.82) is 0 Å². The summed E-state index contributed by atoms with van der Waals surface area (Å²) in [7, 11) is 1.63. The predicted molar refractivity (Wildman–Crippen MR) is 96.7 cm³/mol. The van der Waals surface area contributed by atoms with Crippen LogP contribution in [0.3, 0.4) is 0 Å². The fourth-order valence-electron chi connectivity index (χ4n) is 2.22. The average molecular weight is 421 g/mol. The van der Waals surface area contributed by atoms with Gasteiger partial charge in [0.05, 0.1) is 12.8 Å². The highest BCUT2D eigenvalue weighted by atomic mass is 127. The molecule has 118 valence electrons. The van der Waals surface area contributed by atoms with Gasteiger partial charge in [0.25, 0.3) is 0 Å². The van der Waals surface area contributed by atoms with Crippen molar-refractivity contribution in [3.05, 3.63) is 63.4 Å². The van der Waals surface area contributed by atoms with Crippen molar-refractivity contribution < 1.29 is 14.0 Å². The Balaban J connectivity index is 1.88. The zero-order valence-electron chi connectivity index (χ0n) is 12.9. The smallest absolute Gasteiger partial charge is 0.168 e. The normalized spacial score (nSPS) is 10.6. The third kappa shape index (κ3) is 3.67. The maximum absolute atomic E-state index is 5.91. The molecule has 23 heavy (non-hydrogen) atoms. The van der Waals surface area contributed by atoms with Gasteiger partial charge in [-0.25, -0.2) is 0 Å². The molecule has 0 N–H and O–H groups in total. The van der Waals surface area contributed by atoms with Gasteiger partial charge in [-0.1, -0.05) is 35.5 Å². The first-order chi connectivity index (χ1) is 11.2. The van der Waals surface area contributed by atoms with Crippen LogP contribution in [0.15, 0.2) is 53.1 Å². The van der Waals surface area contributed by atoms with Gasteiger partial charge in [0, 0.05) is 15.2 Å². The lowest BCUT2D eigenvalue weighted by Gasteiger charge is -2.13. The monoisotopic (exact) mass is 421 g/mol. The summed E-state index contributed by atoms with van der Waals surface area (Å²) in [6, 6.07) is 15.8. The lowest BCUT2D eigenvalue weighted by molar-refractivity contribution is 0.284. The molecule has 1 aromatic heterocycles. The maximum atomic E-state index is 5.91. The molecule has 2 aromatic carbocycles. The number of rotatable bonds is 5. The molecule has 3 aromatic rings. The highest BCUT2D eigenvalue weighted by molar-refractivity contribution is 14.1. The molecule has 0 aliphatic heterocycles. The molecule has 0 amide bonds. The van der Waals surface area contributed by atoms with Crippen LogP contribution in [0.1, 0.15) is 11.3 Å². The first-order valence-corrected chi connectivity index (χ1v) is 8.23. The SMILES string of the molecule is COc1cc(-c2cc(C)no2)c(I)cc1OCc1ccccc1. The van der Waals surface area contributed by atoms with Crippen molar-refractivity contribution in [2.45, 2.75) is 13.5 Å². The van der Waals surface area contributed by atoms with Crippen LogP contribution in [0.25, 0.3) is 11.3 Å². The van der Waals surface area contributed by atoms with E-state index in [1.54, 1.807) is 7.11 Å². The molecule has 1 heterocycles. The van der Waals surface area contributed by atoms with Gasteiger partial charge in [0.1, 0.15) is 6.61 Å². The molecule has 0 fully saturated rings. The fraction of sp³-hybridized carbons (Fsp3) is 0.167. The standard InChI is InChI=1S/C18H16INO3/c1-12-8-16(23-20-12)14-9-17(21-2)18(10-15(14)19)22-11-13-6-4-3-5-7-13/h3-10H,11H2,1-2H3. The first kappa shape index (κ1) is 15.9. The number of methoxy groups -OCH3 is 1. The Bertz CT molecular complexity index is 799. The van der Waals surface area contributed by atoms with Gasteiger partial charge in [-0.3, -0.25) is 0 Å². The van der Waals surface area contributed by atoms with Gasteiger partial charge in [-0.05, 0) is 47.2 Å². The molecule has 0 spiro atoms. The van der Waals surface area contributed by atoms with E-state index >= 15 is 0 Å². The van der Waals surface area contributed by atoms with Crippen LogP contribution in [0.5, 0.6) is 11.5 Å². The second kappa shape index (κ2) is 7.04. The molecular weight excluding hydrogens is 405 g/mol. The number of aryl methyl sites for hydroxylation is 1. The van der Waals surface area contributed by atoms with Gasteiger partial charge in [-0.2, -0.15) is 0 Å². The van der Waals surface area contributed by atoms with Crippen LogP contribution in [0.2, 0.25) is 0 Å². The van der Waals surface area contributed by atoms with E-state index in [2.05, 4.69) is 27.7 Å². The van der Waals surface area contributed by atoms with Gasteiger partial charge in [0.15, 0.2) is 17.3 Å². The third-order valence-electron chi connectivity index (χ3n) is 3.38. The Morgan fingerprint density at radius 3 is 2.52 bits per heavy atom. The predicted octanol–water partition coefficient (Wildman–Crippen LogP) is 4.84. The van der Waals surface area contributed by atoms with Crippen molar-refractivity contribution in [1.82, 2.24) is 5.16 Å². The molecule has 0 saturated heterocycles. The van der Waals surface area contributed by atoms with E-state index in [0.29, 0.717) is 18.1 Å². The minimum Gasteiger partial charge on any atom is -0.493 e. The molecule has 3 rings (SSSR count). The summed E-state index contributed by atoms with van der Waals surface area (Å²) in [5.74, 6) is 2.10. The van der Waals surface area contributed by atoms with Crippen LogP contribution in [0, 0.1) is 10.5 Å². The second-order valence-corrected chi connectivity index (χ2v) is 6.25. The lowest BCUT2D eigenvalue weighted by atomic mass is 10.1. The van der Waals surface area contributed by atoms with E-state index in [0.717, 1.165) is 26.2 Å². The summed E-state index contributed by atoms with van der Waals surface area (Å²) >= 11 is 2.26. The Morgan fingerprint density at radius 1 is 1.09 bits per heavy atom. The number of aromatic nitrogens is 1. The lowest BCUT2D eigenvalue weighted by Crippen LogP contribution is -1.98. The molecule has 0 bridgehead atoms. The van der Waals surface area contributed by atoms with Crippen LogP contribution < -0.4 is 9.47 Å². The quantitative estimate of drug-likeness (QED) is 0.553. The number of halogens is 1. The highest BCUT2D eigenvalue weighted by Crippen LogP contribution is 2.37. The molecule has 4 nitrogen and oxygen atoms in total.